The molecular weight excluding hydrogens is 360 g/mol. The number of fused-ring (bicyclic) bond motifs is 1. The van der Waals surface area contributed by atoms with Gasteiger partial charge in [-0.25, -0.2) is 4.98 Å². The number of carbonyl (C=O) groups is 1. The molecule has 2 aromatic heterocycles. The number of benzene rings is 2. The van der Waals surface area contributed by atoms with Crippen molar-refractivity contribution >= 4 is 16.9 Å². The number of para-hydroxylation sites is 2. The fourth-order valence-corrected chi connectivity index (χ4v) is 4.22. The normalized spacial score (nSPS) is 15.1. The van der Waals surface area contributed by atoms with Crippen molar-refractivity contribution in [1.82, 2.24) is 19.0 Å². The Morgan fingerprint density at radius 1 is 0.931 bits per heavy atom. The zero-order chi connectivity index (χ0) is 19.6. The highest BCUT2D eigenvalue weighted by atomic mass is 16.2. The van der Waals surface area contributed by atoms with E-state index in [2.05, 4.69) is 27.8 Å². The lowest BCUT2D eigenvalue weighted by molar-refractivity contribution is 0.0683. The standard InChI is InChI=1S/C24H24N4O/c29-24(20-7-9-21(10-8-20)26-13-3-4-14-26)27-15-11-19(12-16-27)17-28-18-25-22-5-1-2-6-23(22)28/h1-10,13-14,18-19H,11-12,15-17H2. The molecule has 2 aromatic carbocycles. The molecule has 0 N–H and O–H groups in total. The van der Waals surface area contributed by atoms with E-state index in [1.807, 2.05) is 70.7 Å². The van der Waals surface area contributed by atoms with Crippen LogP contribution in [0.5, 0.6) is 0 Å². The number of carbonyl (C=O) groups excluding carboxylic acids is 1. The molecule has 5 nitrogen and oxygen atoms in total. The lowest BCUT2D eigenvalue weighted by atomic mass is 9.96. The van der Waals surface area contributed by atoms with Gasteiger partial charge in [-0.3, -0.25) is 4.79 Å². The molecule has 4 aromatic rings. The van der Waals surface area contributed by atoms with Crippen molar-refractivity contribution in [3.05, 3.63) is 84.9 Å². The molecule has 146 valence electrons. The molecule has 0 saturated carbocycles. The Morgan fingerprint density at radius 3 is 2.41 bits per heavy atom. The third-order valence-corrected chi connectivity index (χ3v) is 5.90. The topological polar surface area (TPSA) is 43.1 Å². The van der Waals surface area contributed by atoms with Crippen LogP contribution in [0.1, 0.15) is 23.2 Å². The van der Waals surface area contributed by atoms with Gasteiger partial charge in [0.15, 0.2) is 0 Å². The number of rotatable bonds is 4. The van der Waals surface area contributed by atoms with Gasteiger partial charge in [0, 0.05) is 43.3 Å². The van der Waals surface area contributed by atoms with E-state index < -0.39 is 0 Å². The van der Waals surface area contributed by atoms with Crippen molar-refractivity contribution in [3.63, 3.8) is 0 Å². The van der Waals surface area contributed by atoms with Crippen molar-refractivity contribution < 1.29 is 4.79 Å². The highest BCUT2D eigenvalue weighted by Crippen LogP contribution is 2.23. The molecule has 0 aliphatic carbocycles. The van der Waals surface area contributed by atoms with Crippen LogP contribution in [-0.4, -0.2) is 38.0 Å². The monoisotopic (exact) mass is 384 g/mol. The summed E-state index contributed by atoms with van der Waals surface area (Å²) in [5, 5.41) is 0. The molecule has 5 heteroatoms. The van der Waals surface area contributed by atoms with Crippen LogP contribution in [0.4, 0.5) is 0 Å². The molecule has 0 radical (unpaired) electrons. The van der Waals surface area contributed by atoms with Gasteiger partial charge < -0.3 is 14.0 Å². The second kappa shape index (κ2) is 7.59. The van der Waals surface area contributed by atoms with Gasteiger partial charge in [0.05, 0.1) is 17.4 Å². The summed E-state index contributed by atoms with van der Waals surface area (Å²) in [4.78, 5) is 19.4. The Labute approximate surface area is 170 Å². The number of amides is 1. The molecular formula is C24H24N4O. The number of imidazole rings is 1. The van der Waals surface area contributed by atoms with E-state index in [0.717, 1.165) is 49.2 Å². The minimum Gasteiger partial charge on any atom is -0.339 e. The van der Waals surface area contributed by atoms with E-state index >= 15 is 0 Å². The largest absolute Gasteiger partial charge is 0.339 e. The maximum atomic E-state index is 12.9. The van der Waals surface area contributed by atoms with Gasteiger partial charge in [-0.15, -0.1) is 0 Å². The SMILES string of the molecule is O=C(c1ccc(-n2cccc2)cc1)N1CCC(Cn2cnc3ccccc32)CC1. The third kappa shape index (κ3) is 3.56. The van der Waals surface area contributed by atoms with Crippen molar-refractivity contribution in [3.8, 4) is 5.69 Å². The molecule has 3 heterocycles. The van der Waals surface area contributed by atoms with Crippen molar-refractivity contribution in [1.29, 1.82) is 0 Å². The minimum atomic E-state index is 0.135. The first-order valence-electron chi connectivity index (χ1n) is 10.2. The second-order valence-electron chi connectivity index (χ2n) is 7.76. The van der Waals surface area contributed by atoms with Crippen LogP contribution in [0.15, 0.2) is 79.4 Å². The average molecular weight is 384 g/mol. The molecule has 29 heavy (non-hydrogen) atoms. The van der Waals surface area contributed by atoms with Crippen LogP contribution in [-0.2, 0) is 6.54 Å². The van der Waals surface area contributed by atoms with Crippen LogP contribution in [0, 0.1) is 5.92 Å². The van der Waals surface area contributed by atoms with Gasteiger partial charge in [-0.1, -0.05) is 12.1 Å². The molecule has 1 aliphatic rings. The molecule has 0 unspecified atom stereocenters. The quantitative estimate of drug-likeness (QED) is 0.524. The smallest absolute Gasteiger partial charge is 0.253 e. The Bertz CT molecular complexity index is 1100. The second-order valence-corrected chi connectivity index (χ2v) is 7.76. The molecule has 5 rings (SSSR count). The summed E-state index contributed by atoms with van der Waals surface area (Å²) in [5.74, 6) is 0.711. The maximum Gasteiger partial charge on any atom is 0.253 e. The highest BCUT2D eigenvalue weighted by Gasteiger charge is 2.24. The van der Waals surface area contributed by atoms with Gasteiger partial charge in [0.25, 0.3) is 5.91 Å². The Morgan fingerprint density at radius 2 is 1.66 bits per heavy atom. The first-order valence-corrected chi connectivity index (χ1v) is 10.2. The average Bonchev–Trinajstić information content (AvgIpc) is 3.45. The molecule has 1 aliphatic heterocycles. The number of nitrogens with zero attached hydrogens (tertiary/aromatic N) is 4. The van der Waals surface area contributed by atoms with E-state index in [0.29, 0.717) is 5.92 Å². The summed E-state index contributed by atoms with van der Waals surface area (Å²) in [7, 11) is 0. The fourth-order valence-electron chi connectivity index (χ4n) is 4.22. The predicted octanol–water partition coefficient (Wildman–Crippen LogP) is 4.38. The zero-order valence-corrected chi connectivity index (χ0v) is 16.3. The van der Waals surface area contributed by atoms with Crippen molar-refractivity contribution in [2.75, 3.05) is 13.1 Å². The summed E-state index contributed by atoms with van der Waals surface area (Å²) in [6.45, 7) is 2.60. The molecule has 1 saturated heterocycles. The predicted molar refractivity (Wildman–Crippen MR) is 114 cm³/mol. The molecule has 1 fully saturated rings. The van der Waals surface area contributed by atoms with Crippen molar-refractivity contribution in [2.24, 2.45) is 5.92 Å². The fraction of sp³-hybridized carbons (Fsp3) is 0.250. The molecule has 0 atom stereocenters. The Balaban J connectivity index is 1.20. The summed E-state index contributed by atoms with van der Waals surface area (Å²) in [5.41, 5.74) is 4.06. The lowest BCUT2D eigenvalue weighted by Gasteiger charge is -2.32. The number of piperidine rings is 1. The molecule has 0 spiro atoms. The highest BCUT2D eigenvalue weighted by molar-refractivity contribution is 5.94. The van der Waals surface area contributed by atoms with E-state index in [1.54, 1.807) is 0 Å². The minimum absolute atomic E-state index is 0.135. The number of likely N-dealkylation sites (tertiary alicyclic amines) is 1. The van der Waals surface area contributed by atoms with Crippen LogP contribution in [0.25, 0.3) is 16.7 Å². The maximum absolute atomic E-state index is 12.9. The Hall–Kier alpha value is -3.34. The lowest BCUT2D eigenvalue weighted by Crippen LogP contribution is -2.39. The van der Waals surface area contributed by atoms with E-state index in [1.165, 1.54) is 5.52 Å². The van der Waals surface area contributed by atoms with Crippen LogP contribution in [0.3, 0.4) is 0 Å². The van der Waals surface area contributed by atoms with Gasteiger partial charge in [-0.2, -0.15) is 0 Å². The van der Waals surface area contributed by atoms with Gasteiger partial charge in [-0.05, 0) is 67.3 Å². The number of hydrogen-bond acceptors (Lipinski definition) is 2. The van der Waals surface area contributed by atoms with E-state index in [-0.39, 0.29) is 5.91 Å². The third-order valence-electron chi connectivity index (χ3n) is 5.90. The van der Waals surface area contributed by atoms with Crippen molar-refractivity contribution in [2.45, 2.75) is 19.4 Å². The van der Waals surface area contributed by atoms with Crippen LogP contribution >= 0.6 is 0 Å². The van der Waals surface area contributed by atoms with Gasteiger partial charge in [0.2, 0.25) is 0 Å². The van der Waals surface area contributed by atoms with E-state index in [9.17, 15) is 4.79 Å². The zero-order valence-electron chi connectivity index (χ0n) is 16.3. The van der Waals surface area contributed by atoms with Gasteiger partial charge in [0.1, 0.15) is 0 Å². The first kappa shape index (κ1) is 17.7. The number of aromatic nitrogens is 3. The van der Waals surface area contributed by atoms with Gasteiger partial charge >= 0.3 is 0 Å². The molecule has 1 amide bonds. The first-order chi connectivity index (χ1) is 14.3. The molecule has 0 bridgehead atoms. The van der Waals surface area contributed by atoms with Crippen LogP contribution in [0.2, 0.25) is 0 Å². The summed E-state index contributed by atoms with van der Waals surface area (Å²) in [6, 6.07) is 20.1. The number of hydrogen-bond donors (Lipinski definition) is 0. The summed E-state index contributed by atoms with van der Waals surface area (Å²) >= 11 is 0. The Kier molecular flexibility index (Phi) is 4.64. The van der Waals surface area contributed by atoms with E-state index in [4.69, 9.17) is 0 Å². The van der Waals surface area contributed by atoms with Crippen LogP contribution < -0.4 is 0 Å². The summed E-state index contributed by atoms with van der Waals surface area (Å²) < 4.78 is 4.29. The summed E-state index contributed by atoms with van der Waals surface area (Å²) in [6.07, 6.45) is 8.00.